The van der Waals surface area contributed by atoms with Crippen molar-refractivity contribution in [3.05, 3.63) is 0 Å². The van der Waals surface area contributed by atoms with E-state index in [1.807, 2.05) is 0 Å². The third-order valence-electron chi connectivity index (χ3n) is 4.45. The van der Waals surface area contributed by atoms with Crippen molar-refractivity contribution < 1.29 is 4.79 Å². The highest BCUT2D eigenvalue weighted by Gasteiger charge is 2.32. The quantitative estimate of drug-likeness (QED) is 0.855. The molecular weight excluding hydrogens is 297 g/mol. The topological polar surface area (TPSA) is 35.6 Å². The van der Waals surface area contributed by atoms with Crippen molar-refractivity contribution in [3.63, 3.8) is 0 Å². The molecule has 0 aromatic carbocycles. The van der Waals surface area contributed by atoms with Gasteiger partial charge in [0.15, 0.2) is 0 Å². The minimum absolute atomic E-state index is 0. The van der Waals surface area contributed by atoms with Crippen LogP contribution in [0.15, 0.2) is 0 Å². The van der Waals surface area contributed by atoms with Crippen LogP contribution in [0.4, 0.5) is 0 Å². The standard InChI is InChI=1S/C14H27N3O.2ClH/c1-3-16(4-2)13-7-9-17(11-13)14(18)12-6-5-8-15-10-12;;/h12-13,15H,3-11H2,1-2H3;2*1H. The van der Waals surface area contributed by atoms with E-state index >= 15 is 0 Å². The monoisotopic (exact) mass is 325 g/mol. The molecule has 1 amide bonds. The molecule has 120 valence electrons. The lowest BCUT2D eigenvalue weighted by Crippen LogP contribution is -2.44. The van der Waals surface area contributed by atoms with E-state index in [4.69, 9.17) is 0 Å². The third-order valence-corrected chi connectivity index (χ3v) is 4.45. The molecule has 2 atom stereocenters. The average molecular weight is 326 g/mol. The molecule has 0 saturated carbocycles. The van der Waals surface area contributed by atoms with E-state index in [1.54, 1.807) is 0 Å². The Morgan fingerprint density at radius 3 is 2.50 bits per heavy atom. The van der Waals surface area contributed by atoms with Gasteiger partial charge in [-0.1, -0.05) is 13.8 Å². The molecule has 0 aromatic heterocycles. The Bertz CT molecular complexity index is 282. The second kappa shape index (κ2) is 9.82. The Balaban J connectivity index is 0.00000180. The summed E-state index contributed by atoms with van der Waals surface area (Å²) in [4.78, 5) is 17.0. The Hall–Kier alpha value is -0.0300. The number of halogens is 2. The number of piperidine rings is 1. The number of hydrogen-bond donors (Lipinski definition) is 1. The molecule has 2 aliphatic rings. The van der Waals surface area contributed by atoms with Gasteiger partial charge in [0.05, 0.1) is 5.92 Å². The van der Waals surface area contributed by atoms with Crippen LogP contribution in [-0.2, 0) is 4.79 Å². The smallest absolute Gasteiger partial charge is 0.227 e. The van der Waals surface area contributed by atoms with Gasteiger partial charge in [-0.2, -0.15) is 0 Å². The summed E-state index contributed by atoms with van der Waals surface area (Å²) in [7, 11) is 0. The third kappa shape index (κ3) is 4.76. The lowest BCUT2D eigenvalue weighted by Gasteiger charge is -2.29. The molecule has 2 unspecified atom stereocenters. The fourth-order valence-electron chi connectivity index (χ4n) is 3.30. The first-order valence-electron chi connectivity index (χ1n) is 7.49. The lowest BCUT2D eigenvalue weighted by molar-refractivity contribution is -0.135. The van der Waals surface area contributed by atoms with E-state index < -0.39 is 0 Å². The van der Waals surface area contributed by atoms with E-state index in [0.717, 1.165) is 58.5 Å². The highest BCUT2D eigenvalue weighted by molar-refractivity contribution is 5.85. The van der Waals surface area contributed by atoms with Gasteiger partial charge in [-0.05, 0) is 38.9 Å². The van der Waals surface area contributed by atoms with Gasteiger partial charge in [-0.15, -0.1) is 24.8 Å². The number of carbonyl (C=O) groups is 1. The molecule has 4 nitrogen and oxygen atoms in total. The van der Waals surface area contributed by atoms with Crippen LogP contribution in [0, 0.1) is 5.92 Å². The summed E-state index contributed by atoms with van der Waals surface area (Å²) < 4.78 is 0. The fourth-order valence-corrected chi connectivity index (χ4v) is 3.30. The van der Waals surface area contributed by atoms with E-state index in [2.05, 4.69) is 29.0 Å². The predicted octanol–water partition coefficient (Wildman–Crippen LogP) is 1.77. The number of rotatable bonds is 4. The largest absolute Gasteiger partial charge is 0.341 e. The Morgan fingerprint density at radius 2 is 1.95 bits per heavy atom. The highest BCUT2D eigenvalue weighted by atomic mass is 35.5. The van der Waals surface area contributed by atoms with Gasteiger partial charge in [-0.25, -0.2) is 0 Å². The Kier molecular flexibility index (Phi) is 9.81. The normalized spacial score (nSPS) is 26.1. The van der Waals surface area contributed by atoms with E-state index in [0.29, 0.717) is 11.9 Å². The second-order valence-electron chi connectivity index (χ2n) is 5.49. The number of amides is 1. The van der Waals surface area contributed by atoms with Crippen LogP contribution in [0.25, 0.3) is 0 Å². The number of carbonyl (C=O) groups excluding carboxylic acids is 1. The van der Waals surface area contributed by atoms with Crippen LogP contribution < -0.4 is 5.32 Å². The van der Waals surface area contributed by atoms with Crippen molar-refractivity contribution in [2.75, 3.05) is 39.3 Å². The molecule has 0 aromatic rings. The second-order valence-corrected chi connectivity index (χ2v) is 5.49. The maximum atomic E-state index is 12.4. The molecule has 2 heterocycles. The van der Waals surface area contributed by atoms with Crippen molar-refractivity contribution in [1.29, 1.82) is 0 Å². The van der Waals surface area contributed by atoms with Crippen LogP contribution in [0.1, 0.15) is 33.1 Å². The molecule has 0 bridgehead atoms. The van der Waals surface area contributed by atoms with E-state index in [-0.39, 0.29) is 30.7 Å². The molecule has 0 spiro atoms. The van der Waals surface area contributed by atoms with Crippen LogP contribution in [0.5, 0.6) is 0 Å². The molecule has 1 N–H and O–H groups in total. The molecule has 2 saturated heterocycles. The molecule has 20 heavy (non-hydrogen) atoms. The first-order chi connectivity index (χ1) is 8.76. The predicted molar refractivity (Wildman–Crippen MR) is 88.0 cm³/mol. The zero-order valence-electron chi connectivity index (χ0n) is 12.6. The van der Waals surface area contributed by atoms with Gasteiger partial charge >= 0.3 is 0 Å². The first-order valence-corrected chi connectivity index (χ1v) is 7.49. The van der Waals surface area contributed by atoms with E-state index in [9.17, 15) is 4.79 Å². The summed E-state index contributed by atoms with van der Waals surface area (Å²) in [5.74, 6) is 0.617. The average Bonchev–Trinajstić information content (AvgIpc) is 2.90. The number of nitrogens with zero attached hydrogens (tertiary/aromatic N) is 2. The van der Waals surface area contributed by atoms with Gasteiger partial charge in [-0.3, -0.25) is 9.69 Å². The Morgan fingerprint density at radius 1 is 1.25 bits per heavy atom. The maximum absolute atomic E-state index is 12.4. The minimum Gasteiger partial charge on any atom is -0.341 e. The minimum atomic E-state index is 0. The van der Waals surface area contributed by atoms with Gasteiger partial charge < -0.3 is 10.2 Å². The van der Waals surface area contributed by atoms with Crippen LogP contribution in [0.2, 0.25) is 0 Å². The van der Waals surface area contributed by atoms with Gasteiger partial charge in [0.1, 0.15) is 0 Å². The fraction of sp³-hybridized carbons (Fsp3) is 0.929. The van der Waals surface area contributed by atoms with Crippen LogP contribution in [0.3, 0.4) is 0 Å². The lowest BCUT2D eigenvalue weighted by atomic mass is 9.98. The number of hydrogen-bond acceptors (Lipinski definition) is 3. The first kappa shape index (κ1) is 20.0. The molecule has 2 rings (SSSR count). The van der Waals surface area contributed by atoms with E-state index in [1.165, 1.54) is 0 Å². The van der Waals surface area contributed by atoms with Crippen molar-refractivity contribution >= 4 is 30.7 Å². The number of likely N-dealkylation sites (N-methyl/N-ethyl adjacent to an activating group) is 1. The van der Waals surface area contributed by atoms with Gasteiger partial charge in [0.2, 0.25) is 5.91 Å². The highest BCUT2D eigenvalue weighted by Crippen LogP contribution is 2.20. The van der Waals surface area contributed by atoms with Gasteiger partial charge in [0.25, 0.3) is 0 Å². The zero-order valence-corrected chi connectivity index (χ0v) is 14.3. The molecule has 2 fully saturated rings. The molecule has 6 heteroatoms. The number of likely N-dealkylation sites (tertiary alicyclic amines) is 1. The zero-order chi connectivity index (χ0) is 13.0. The molecule has 2 aliphatic heterocycles. The summed E-state index contributed by atoms with van der Waals surface area (Å²) in [6.45, 7) is 10.4. The molecule has 0 aliphatic carbocycles. The SMILES string of the molecule is CCN(CC)C1CCN(C(=O)C2CCCNC2)C1.Cl.Cl. The summed E-state index contributed by atoms with van der Waals surface area (Å²) in [6, 6.07) is 0.584. The van der Waals surface area contributed by atoms with Crippen molar-refractivity contribution in [2.45, 2.75) is 39.2 Å². The molecule has 0 radical (unpaired) electrons. The Labute approximate surface area is 135 Å². The van der Waals surface area contributed by atoms with Crippen molar-refractivity contribution in [1.82, 2.24) is 15.1 Å². The number of nitrogens with one attached hydrogen (secondary N) is 1. The van der Waals surface area contributed by atoms with Crippen LogP contribution >= 0.6 is 24.8 Å². The summed E-state index contributed by atoms with van der Waals surface area (Å²) in [6.07, 6.45) is 3.36. The van der Waals surface area contributed by atoms with Crippen molar-refractivity contribution in [3.8, 4) is 0 Å². The van der Waals surface area contributed by atoms with Crippen molar-refractivity contribution in [2.24, 2.45) is 5.92 Å². The molecular formula is C14H29Cl2N3O. The maximum Gasteiger partial charge on any atom is 0.227 e. The van der Waals surface area contributed by atoms with Gasteiger partial charge in [0, 0.05) is 25.7 Å². The summed E-state index contributed by atoms with van der Waals surface area (Å²) in [5, 5.41) is 3.34. The van der Waals surface area contributed by atoms with Crippen LogP contribution in [-0.4, -0.2) is 61.0 Å². The summed E-state index contributed by atoms with van der Waals surface area (Å²) >= 11 is 0. The summed E-state index contributed by atoms with van der Waals surface area (Å²) in [5.41, 5.74) is 0.